The van der Waals surface area contributed by atoms with E-state index in [9.17, 15) is 9.90 Å². The Balaban J connectivity index is 3.29. The van der Waals surface area contributed by atoms with Crippen molar-refractivity contribution in [2.75, 3.05) is 46.6 Å². The molecule has 0 radical (unpaired) electrons. The second-order valence-electron chi connectivity index (χ2n) is 3.61. The highest BCUT2D eigenvalue weighted by molar-refractivity contribution is 5.75. The number of rotatable bonds is 11. The van der Waals surface area contributed by atoms with Crippen molar-refractivity contribution < 1.29 is 19.4 Å². The first-order valence-corrected chi connectivity index (χ1v) is 5.92. The molecule has 6 nitrogen and oxygen atoms in total. The van der Waals surface area contributed by atoms with Crippen LogP contribution in [0.25, 0.3) is 0 Å². The molecular weight excluding hydrogens is 224 g/mol. The van der Waals surface area contributed by atoms with Crippen LogP contribution >= 0.6 is 0 Å². The van der Waals surface area contributed by atoms with Crippen LogP contribution in [-0.2, 0) is 14.3 Å². The molecule has 1 unspecified atom stereocenters. The van der Waals surface area contributed by atoms with Crippen LogP contribution < -0.4 is 10.6 Å². The van der Waals surface area contributed by atoms with E-state index in [1.54, 1.807) is 7.11 Å². The first-order valence-electron chi connectivity index (χ1n) is 5.92. The normalized spacial score (nSPS) is 12.4. The van der Waals surface area contributed by atoms with Gasteiger partial charge in [-0.05, 0) is 6.92 Å². The average Bonchev–Trinajstić information content (AvgIpc) is 2.32. The number of hydrogen-bond donors (Lipinski definition) is 3. The van der Waals surface area contributed by atoms with E-state index in [2.05, 4.69) is 10.6 Å². The number of amides is 1. The van der Waals surface area contributed by atoms with Crippen LogP contribution in [0.3, 0.4) is 0 Å². The first kappa shape index (κ1) is 16.3. The fourth-order valence-electron chi connectivity index (χ4n) is 1.16. The van der Waals surface area contributed by atoms with Crippen molar-refractivity contribution in [2.45, 2.75) is 19.4 Å². The van der Waals surface area contributed by atoms with E-state index in [1.807, 2.05) is 6.92 Å². The average molecular weight is 248 g/mol. The molecule has 0 saturated heterocycles. The Morgan fingerprint density at radius 2 is 2.18 bits per heavy atom. The summed E-state index contributed by atoms with van der Waals surface area (Å²) in [5.74, 6) is -0.0196. The van der Waals surface area contributed by atoms with Crippen molar-refractivity contribution in [3.63, 3.8) is 0 Å². The molecule has 0 aliphatic heterocycles. The van der Waals surface area contributed by atoms with Gasteiger partial charge in [0.1, 0.15) is 0 Å². The van der Waals surface area contributed by atoms with Gasteiger partial charge in [-0.25, -0.2) is 0 Å². The number of methoxy groups -OCH3 is 1. The van der Waals surface area contributed by atoms with E-state index in [0.717, 1.165) is 0 Å². The molecule has 1 atom stereocenters. The van der Waals surface area contributed by atoms with Crippen LogP contribution in [0.1, 0.15) is 13.3 Å². The number of hydrogen-bond acceptors (Lipinski definition) is 5. The van der Waals surface area contributed by atoms with Gasteiger partial charge in [-0.2, -0.15) is 0 Å². The SMILES string of the molecule is CCOCC(O)CNCCC(=O)NCCOC. The summed E-state index contributed by atoms with van der Waals surface area (Å²) in [4.78, 5) is 11.2. The van der Waals surface area contributed by atoms with Gasteiger partial charge in [-0.3, -0.25) is 4.79 Å². The molecule has 17 heavy (non-hydrogen) atoms. The fraction of sp³-hybridized carbons (Fsp3) is 0.909. The zero-order valence-electron chi connectivity index (χ0n) is 10.7. The van der Waals surface area contributed by atoms with Gasteiger partial charge in [0.25, 0.3) is 0 Å². The predicted molar refractivity (Wildman–Crippen MR) is 64.9 cm³/mol. The zero-order chi connectivity index (χ0) is 12.9. The summed E-state index contributed by atoms with van der Waals surface area (Å²) in [5.41, 5.74) is 0. The highest BCUT2D eigenvalue weighted by Gasteiger charge is 2.04. The van der Waals surface area contributed by atoms with Crippen LogP contribution in [0.5, 0.6) is 0 Å². The van der Waals surface area contributed by atoms with Gasteiger partial charge in [0.05, 0.1) is 19.3 Å². The second-order valence-corrected chi connectivity index (χ2v) is 3.61. The van der Waals surface area contributed by atoms with Crippen LogP contribution in [0.2, 0.25) is 0 Å². The Kier molecular flexibility index (Phi) is 11.3. The van der Waals surface area contributed by atoms with Gasteiger partial charge in [0, 0.05) is 39.8 Å². The summed E-state index contributed by atoms with van der Waals surface area (Å²) in [6, 6.07) is 0. The molecule has 0 saturated carbocycles. The van der Waals surface area contributed by atoms with Crippen molar-refractivity contribution in [1.82, 2.24) is 10.6 Å². The highest BCUT2D eigenvalue weighted by Crippen LogP contribution is 1.84. The second kappa shape index (κ2) is 11.8. The summed E-state index contributed by atoms with van der Waals surface area (Å²) in [5, 5.41) is 15.1. The molecule has 1 amide bonds. The lowest BCUT2D eigenvalue weighted by Gasteiger charge is -2.11. The number of aliphatic hydroxyl groups excluding tert-OH is 1. The largest absolute Gasteiger partial charge is 0.389 e. The lowest BCUT2D eigenvalue weighted by atomic mass is 10.3. The Bertz CT molecular complexity index is 190. The number of aliphatic hydroxyl groups is 1. The van der Waals surface area contributed by atoms with Crippen molar-refractivity contribution in [2.24, 2.45) is 0 Å². The van der Waals surface area contributed by atoms with E-state index < -0.39 is 6.10 Å². The Morgan fingerprint density at radius 3 is 2.82 bits per heavy atom. The molecule has 0 aliphatic rings. The summed E-state index contributed by atoms with van der Waals surface area (Å²) < 4.78 is 9.87. The summed E-state index contributed by atoms with van der Waals surface area (Å²) in [7, 11) is 1.59. The number of ether oxygens (including phenoxy) is 2. The molecule has 0 heterocycles. The molecule has 0 aromatic rings. The first-order chi connectivity index (χ1) is 8.20. The van der Waals surface area contributed by atoms with E-state index >= 15 is 0 Å². The molecule has 0 aromatic carbocycles. The van der Waals surface area contributed by atoms with Crippen LogP contribution in [0.4, 0.5) is 0 Å². The Morgan fingerprint density at radius 1 is 1.41 bits per heavy atom. The maximum atomic E-state index is 11.2. The van der Waals surface area contributed by atoms with E-state index in [1.165, 1.54) is 0 Å². The van der Waals surface area contributed by atoms with Crippen molar-refractivity contribution in [1.29, 1.82) is 0 Å². The van der Waals surface area contributed by atoms with E-state index in [4.69, 9.17) is 9.47 Å². The van der Waals surface area contributed by atoms with Crippen molar-refractivity contribution in [3.05, 3.63) is 0 Å². The van der Waals surface area contributed by atoms with Crippen LogP contribution in [0.15, 0.2) is 0 Å². The third-order valence-electron chi connectivity index (χ3n) is 2.05. The maximum Gasteiger partial charge on any atom is 0.221 e. The highest BCUT2D eigenvalue weighted by atomic mass is 16.5. The summed E-state index contributed by atoms with van der Waals surface area (Å²) >= 11 is 0. The number of carbonyl (C=O) groups excluding carboxylic acids is 1. The predicted octanol–water partition coefficient (Wildman–Crippen LogP) is -0.874. The maximum absolute atomic E-state index is 11.2. The van der Waals surface area contributed by atoms with E-state index in [-0.39, 0.29) is 5.91 Å². The topological polar surface area (TPSA) is 79.8 Å². The summed E-state index contributed by atoms with van der Waals surface area (Å²) in [6.45, 7) is 4.83. The minimum absolute atomic E-state index is 0.0196. The Labute approximate surface area is 103 Å². The van der Waals surface area contributed by atoms with Crippen LogP contribution in [0, 0.1) is 0 Å². The molecule has 0 rings (SSSR count). The smallest absolute Gasteiger partial charge is 0.221 e. The third kappa shape index (κ3) is 11.6. The molecule has 0 aromatic heterocycles. The van der Waals surface area contributed by atoms with Gasteiger partial charge in [0.15, 0.2) is 0 Å². The molecule has 6 heteroatoms. The van der Waals surface area contributed by atoms with Gasteiger partial charge in [-0.15, -0.1) is 0 Å². The van der Waals surface area contributed by atoms with E-state index in [0.29, 0.717) is 45.9 Å². The molecule has 3 N–H and O–H groups in total. The van der Waals surface area contributed by atoms with Gasteiger partial charge in [0.2, 0.25) is 5.91 Å². The van der Waals surface area contributed by atoms with Gasteiger partial charge in [-0.1, -0.05) is 0 Å². The molecular formula is C11H24N2O4. The third-order valence-corrected chi connectivity index (χ3v) is 2.05. The summed E-state index contributed by atoms with van der Waals surface area (Å²) in [6.07, 6.45) is -0.128. The Hall–Kier alpha value is -0.690. The fourth-order valence-corrected chi connectivity index (χ4v) is 1.16. The number of carbonyl (C=O) groups is 1. The minimum Gasteiger partial charge on any atom is -0.389 e. The van der Waals surface area contributed by atoms with Gasteiger partial charge < -0.3 is 25.2 Å². The standard InChI is InChI=1S/C11H24N2O4/c1-3-17-9-10(14)8-12-5-4-11(15)13-6-7-16-2/h10,12,14H,3-9H2,1-2H3,(H,13,15). The molecule has 0 fully saturated rings. The molecule has 0 bridgehead atoms. The minimum atomic E-state index is -0.522. The van der Waals surface area contributed by atoms with Crippen molar-refractivity contribution >= 4 is 5.91 Å². The number of nitrogens with one attached hydrogen (secondary N) is 2. The van der Waals surface area contributed by atoms with Gasteiger partial charge >= 0.3 is 0 Å². The zero-order valence-corrected chi connectivity index (χ0v) is 10.7. The molecule has 0 spiro atoms. The van der Waals surface area contributed by atoms with Crippen LogP contribution in [-0.4, -0.2) is 63.7 Å². The molecule has 0 aliphatic carbocycles. The lowest BCUT2D eigenvalue weighted by molar-refractivity contribution is -0.121. The molecule has 102 valence electrons. The quantitative estimate of drug-likeness (QED) is 0.414. The monoisotopic (exact) mass is 248 g/mol. The lowest BCUT2D eigenvalue weighted by Crippen LogP contribution is -2.34. The van der Waals surface area contributed by atoms with Crippen molar-refractivity contribution in [3.8, 4) is 0 Å².